The molecule has 0 amide bonds. The molecule has 10 heteroatoms. The zero-order valence-corrected chi connectivity index (χ0v) is 10.7. The summed E-state index contributed by atoms with van der Waals surface area (Å²) in [5, 5.41) is 17.8. The number of nitrogens with zero attached hydrogens (tertiary/aromatic N) is 3. The highest BCUT2D eigenvalue weighted by atomic mass is 32.2. The second-order valence-electron chi connectivity index (χ2n) is 3.17. The molecule has 2 aromatic heterocycles. The van der Waals surface area contributed by atoms with E-state index in [1.165, 1.54) is 19.1 Å². The van der Waals surface area contributed by atoms with E-state index in [0.29, 0.717) is 0 Å². The molecule has 0 aliphatic carbocycles. The first kappa shape index (κ1) is 12.6. The minimum atomic E-state index is -3.43. The molecule has 0 aliphatic rings. The Kier molecular flexibility index (Phi) is 3.13. The average Bonchev–Trinajstić information content (AvgIpc) is 2.97. The van der Waals surface area contributed by atoms with E-state index in [2.05, 4.69) is 10.2 Å². The summed E-state index contributed by atoms with van der Waals surface area (Å²) in [6.07, 6.45) is 0. The zero-order chi connectivity index (χ0) is 13.3. The van der Waals surface area contributed by atoms with E-state index < -0.39 is 20.6 Å². The molecule has 0 fully saturated rings. The fourth-order valence-corrected chi connectivity index (χ4v) is 3.15. The average molecular weight is 289 g/mol. The lowest BCUT2D eigenvalue weighted by atomic mass is 10.5. The van der Waals surface area contributed by atoms with Crippen molar-refractivity contribution in [3.63, 3.8) is 0 Å². The van der Waals surface area contributed by atoms with Gasteiger partial charge in [0.15, 0.2) is 10.8 Å². The number of rotatable bonds is 4. The molecule has 0 N–H and O–H groups in total. The Balaban J connectivity index is 2.38. The minimum absolute atomic E-state index is 0.0834. The fourth-order valence-electron chi connectivity index (χ4n) is 1.10. The van der Waals surface area contributed by atoms with E-state index in [-0.39, 0.29) is 20.9 Å². The third-order valence-electron chi connectivity index (χ3n) is 2.04. The van der Waals surface area contributed by atoms with E-state index in [4.69, 9.17) is 4.42 Å². The van der Waals surface area contributed by atoms with Crippen LogP contribution in [0.1, 0.15) is 6.92 Å². The lowest BCUT2D eigenvalue weighted by molar-refractivity contribution is -0.401. The molecular formula is C8H7N3O5S2. The molecule has 0 atom stereocenters. The van der Waals surface area contributed by atoms with Crippen molar-refractivity contribution in [2.75, 3.05) is 5.75 Å². The SMILES string of the molecule is CCS(=O)(=O)c1nnc(-c2ccc([N+](=O)[O-])o2)s1. The molecule has 0 aliphatic heterocycles. The van der Waals surface area contributed by atoms with Gasteiger partial charge in [0.2, 0.25) is 14.2 Å². The molecule has 96 valence electrons. The maximum absolute atomic E-state index is 11.5. The van der Waals surface area contributed by atoms with Crippen molar-refractivity contribution in [1.82, 2.24) is 10.2 Å². The van der Waals surface area contributed by atoms with Crippen molar-refractivity contribution in [2.24, 2.45) is 0 Å². The Hall–Kier alpha value is -1.81. The summed E-state index contributed by atoms with van der Waals surface area (Å²) in [7, 11) is -3.43. The number of furan rings is 1. The smallest absolute Gasteiger partial charge is 0.398 e. The normalized spacial score (nSPS) is 11.6. The van der Waals surface area contributed by atoms with Gasteiger partial charge in [-0.25, -0.2) is 8.42 Å². The summed E-state index contributed by atoms with van der Waals surface area (Å²) >= 11 is 0.816. The van der Waals surface area contributed by atoms with E-state index in [1.54, 1.807) is 0 Å². The van der Waals surface area contributed by atoms with Gasteiger partial charge in [0.1, 0.15) is 4.92 Å². The highest BCUT2D eigenvalue weighted by Gasteiger charge is 2.21. The van der Waals surface area contributed by atoms with Crippen LogP contribution in [0.4, 0.5) is 5.88 Å². The van der Waals surface area contributed by atoms with Gasteiger partial charge in [-0.15, -0.1) is 10.2 Å². The van der Waals surface area contributed by atoms with Crippen LogP contribution in [0.3, 0.4) is 0 Å². The van der Waals surface area contributed by atoms with Crippen LogP contribution in [0, 0.1) is 10.1 Å². The van der Waals surface area contributed by atoms with Crippen molar-refractivity contribution in [1.29, 1.82) is 0 Å². The van der Waals surface area contributed by atoms with Gasteiger partial charge < -0.3 is 4.42 Å². The predicted molar refractivity (Wildman–Crippen MR) is 62.0 cm³/mol. The molecule has 0 saturated heterocycles. The van der Waals surface area contributed by atoms with E-state index in [0.717, 1.165) is 11.3 Å². The maximum Gasteiger partial charge on any atom is 0.433 e. The molecule has 0 saturated carbocycles. The van der Waals surface area contributed by atoms with Gasteiger partial charge in [-0.1, -0.05) is 18.3 Å². The minimum Gasteiger partial charge on any atom is -0.398 e. The summed E-state index contributed by atoms with van der Waals surface area (Å²) in [6.45, 7) is 1.49. The molecule has 2 heterocycles. The summed E-state index contributed by atoms with van der Waals surface area (Å²) in [5.74, 6) is -0.392. The molecule has 0 aromatic carbocycles. The number of hydrogen-bond donors (Lipinski definition) is 0. The number of nitro groups is 1. The van der Waals surface area contributed by atoms with E-state index >= 15 is 0 Å². The van der Waals surface area contributed by atoms with Gasteiger partial charge in [-0.2, -0.15) is 0 Å². The second kappa shape index (κ2) is 4.46. The van der Waals surface area contributed by atoms with Gasteiger partial charge >= 0.3 is 5.88 Å². The molecule has 2 aromatic rings. The third kappa shape index (κ3) is 2.24. The monoisotopic (exact) mass is 289 g/mol. The van der Waals surface area contributed by atoms with Gasteiger partial charge in [0.05, 0.1) is 11.8 Å². The van der Waals surface area contributed by atoms with Crippen LogP contribution in [-0.2, 0) is 9.84 Å². The molecule has 0 spiro atoms. The molecule has 2 rings (SSSR count). The maximum atomic E-state index is 11.5. The van der Waals surface area contributed by atoms with Crippen LogP contribution in [0.5, 0.6) is 0 Å². The molecule has 0 radical (unpaired) electrons. The Bertz CT molecular complexity index is 687. The van der Waals surface area contributed by atoms with E-state index in [1.807, 2.05) is 0 Å². The fraction of sp³-hybridized carbons (Fsp3) is 0.250. The zero-order valence-electron chi connectivity index (χ0n) is 9.06. The van der Waals surface area contributed by atoms with Crippen LogP contribution in [-0.4, -0.2) is 29.3 Å². The second-order valence-corrected chi connectivity index (χ2v) is 6.60. The Morgan fingerprint density at radius 3 is 2.72 bits per heavy atom. The summed E-state index contributed by atoms with van der Waals surface area (Å²) in [6, 6.07) is 2.52. The number of hydrogen-bond acceptors (Lipinski definition) is 8. The van der Waals surface area contributed by atoms with E-state index in [9.17, 15) is 18.5 Å². The van der Waals surface area contributed by atoms with Crippen molar-refractivity contribution >= 4 is 27.1 Å². The van der Waals surface area contributed by atoms with Crippen LogP contribution in [0.15, 0.2) is 20.9 Å². The quantitative estimate of drug-likeness (QED) is 0.618. The number of sulfone groups is 1. The first-order chi connectivity index (χ1) is 8.44. The Morgan fingerprint density at radius 1 is 1.44 bits per heavy atom. The van der Waals surface area contributed by atoms with Gasteiger partial charge in [0, 0.05) is 0 Å². The lowest BCUT2D eigenvalue weighted by Gasteiger charge is -1.90. The van der Waals surface area contributed by atoms with Crippen molar-refractivity contribution in [3.8, 4) is 10.8 Å². The van der Waals surface area contributed by atoms with Crippen molar-refractivity contribution < 1.29 is 17.8 Å². The van der Waals surface area contributed by atoms with Crippen LogP contribution in [0.2, 0.25) is 0 Å². The van der Waals surface area contributed by atoms with Crippen LogP contribution < -0.4 is 0 Å². The lowest BCUT2D eigenvalue weighted by Crippen LogP contribution is -2.02. The molecule has 0 unspecified atom stereocenters. The molecule has 18 heavy (non-hydrogen) atoms. The summed E-state index contributed by atoms with van der Waals surface area (Å²) in [5.41, 5.74) is 0. The third-order valence-corrected chi connectivity index (χ3v) is 5.15. The van der Waals surface area contributed by atoms with Gasteiger partial charge in [-0.3, -0.25) is 10.1 Å². The molecule has 0 bridgehead atoms. The standard InChI is InChI=1S/C8H7N3O5S2/c1-2-18(14,15)8-10-9-7(17-8)5-3-4-6(16-5)11(12)13/h3-4H,2H2,1H3. The van der Waals surface area contributed by atoms with Crippen molar-refractivity contribution in [2.45, 2.75) is 11.3 Å². The van der Waals surface area contributed by atoms with Gasteiger partial charge in [-0.05, 0) is 6.07 Å². The largest absolute Gasteiger partial charge is 0.433 e. The van der Waals surface area contributed by atoms with Crippen LogP contribution in [0.25, 0.3) is 10.8 Å². The first-order valence-corrected chi connectivity index (χ1v) is 7.22. The van der Waals surface area contributed by atoms with Gasteiger partial charge in [0.25, 0.3) is 0 Å². The molecule has 8 nitrogen and oxygen atoms in total. The highest BCUT2D eigenvalue weighted by Crippen LogP contribution is 2.30. The first-order valence-electron chi connectivity index (χ1n) is 4.75. The Morgan fingerprint density at radius 2 is 2.17 bits per heavy atom. The summed E-state index contributed by atoms with van der Waals surface area (Å²) in [4.78, 5) is 9.75. The predicted octanol–water partition coefficient (Wildman–Crippen LogP) is 1.50. The highest BCUT2D eigenvalue weighted by molar-refractivity contribution is 7.93. The van der Waals surface area contributed by atoms with Crippen LogP contribution >= 0.6 is 11.3 Å². The summed E-state index contributed by atoms with van der Waals surface area (Å²) < 4.78 is 27.8. The van der Waals surface area contributed by atoms with Crippen molar-refractivity contribution in [3.05, 3.63) is 22.2 Å². The topological polar surface area (TPSA) is 116 Å². The molecular weight excluding hydrogens is 282 g/mol. The number of aromatic nitrogens is 2. The Labute approximate surface area is 105 Å².